The number of carbonyl (C=O) groups is 1. The molecule has 2 heterocycles. The minimum absolute atomic E-state index is 0.221. The second kappa shape index (κ2) is 7.00. The number of rotatable bonds is 5. The minimum atomic E-state index is -0.394. The zero-order chi connectivity index (χ0) is 17.8. The third-order valence-electron chi connectivity index (χ3n) is 3.59. The molecule has 3 aromatic rings. The molecule has 1 aromatic carbocycles. The van der Waals surface area contributed by atoms with E-state index in [0.29, 0.717) is 11.5 Å². The number of nitrogens with zero attached hydrogens (tertiary/aromatic N) is 4. The molecular weight excluding hydrogens is 322 g/mol. The zero-order valence-electron chi connectivity index (χ0n) is 14.1. The molecule has 25 heavy (non-hydrogen) atoms. The fraction of sp³-hybridized carbons (Fsp3) is 0.176. The van der Waals surface area contributed by atoms with Gasteiger partial charge in [-0.25, -0.2) is 9.97 Å². The van der Waals surface area contributed by atoms with E-state index in [2.05, 4.69) is 20.4 Å². The van der Waals surface area contributed by atoms with Crippen molar-refractivity contribution < 1.29 is 14.3 Å². The van der Waals surface area contributed by atoms with Crippen molar-refractivity contribution in [1.82, 2.24) is 19.7 Å². The molecule has 0 spiro atoms. The average Bonchev–Trinajstić information content (AvgIpc) is 3.03. The standard InChI is InChI=1S/C17H17N5O3/c1-22-14(12-9-11(24-2)5-6-15(12)25-3)10-13(21-22)16(23)20-17-18-7-4-8-19-17/h4-10H,1-3H3,(H,18,19,20,23). The summed E-state index contributed by atoms with van der Waals surface area (Å²) in [5, 5.41) is 6.88. The number of hydrogen-bond acceptors (Lipinski definition) is 6. The lowest BCUT2D eigenvalue weighted by molar-refractivity contribution is 0.102. The van der Waals surface area contributed by atoms with Gasteiger partial charge in [-0.3, -0.25) is 14.8 Å². The summed E-state index contributed by atoms with van der Waals surface area (Å²) in [7, 11) is 4.93. The predicted molar refractivity (Wildman–Crippen MR) is 91.7 cm³/mol. The Morgan fingerprint density at radius 2 is 1.88 bits per heavy atom. The van der Waals surface area contributed by atoms with E-state index in [1.165, 1.54) is 0 Å². The first-order valence-corrected chi connectivity index (χ1v) is 7.47. The number of anilines is 1. The summed E-state index contributed by atoms with van der Waals surface area (Å²) < 4.78 is 12.3. The van der Waals surface area contributed by atoms with Crippen molar-refractivity contribution in [2.75, 3.05) is 19.5 Å². The van der Waals surface area contributed by atoms with Crippen LogP contribution in [0.1, 0.15) is 10.5 Å². The van der Waals surface area contributed by atoms with Gasteiger partial charge in [0.1, 0.15) is 11.5 Å². The van der Waals surface area contributed by atoms with Gasteiger partial charge in [0.15, 0.2) is 5.69 Å². The summed E-state index contributed by atoms with van der Waals surface area (Å²) in [6, 6.07) is 8.79. The molecule has 0 unspecified atom stereocenters. The Bertz CT molecular complexity index is 893. The van der Waals surface area contributed by atoms with E-state index in [9.17, 15) is 4.79 Å². The van der Waals surface area contributed by atoms with Crippen LogP contribution in [0.3, 0.4) is 0 Å². The van der Waals surface area contributed by atoms with Crippen LogP contribution in [0.4, 0.5) is 5.95 Å². The highest BCUT2D eigenvalue weighted by Gasteiger charge is 2.18. The number of amides is 1. The van der Waals surface area contributed by atoms with Crippen LogP contribution in [0.25, 0.3) is 11.3 Å². The SMILES string of the molecule is COc1ccc(OC)c(-c2cc(C(=O)Nc3ncccn3)nn2C)c1. The number of aromatic nitrogens is 4. The molecular formula is C17H17N5O3. The van der Waals surface area contributed by atoms with E-state index in [-0.39, 0.29) is 11.6 Å². The maximum atomic E-state index is 12.4. The molecule has 3 rings (SSSR count). The predicted octanol–water partition coefficient (Wildman–Crippen LogP) is 2.15. The van der Waals surface area contributed by atoms with E-state index in [4.69, 9.17) is 9.47 Å². The summed E-state index contributed by atoms with van der Waals surface area (Å²) >= 11 is 0. The molecule has 8 heteroatoms. The highest BCUT2D eigenvalue weighted by atomic mass is 16.5. The molecule has 1 N–H and O–H groups in total. The quantitative estimate of drug-likeness (QED) is 0.766. The molecule has 1 amide bonds. The molecule has 2 aromatic heterocycles. The first-order valence-electron chi connectivity index (χ1n) is 7.47. The second-order valence-corrected chi connectivity index (χ2v) is 5.13. The van der Waals surface area contributed by atoms with Crippen LogP contribution >= 0.6 is 0 Å². The maximum absolute atomic E-state index is 12.4. The number of aryl methyl sites for hydroxylation is 1. The zero-order valence-corrected chi connectivity index (χ0v) is 14.1. The Hall–Kier alpha value is -3.42. The first kappa shape index (κ1) is 16.4. The van der Waals surface area contributed by atoms with Crippen molar-refractivity contribution in [2.45, 2.75) is 0 Å². The summed E-state index contributed by atoms with van der Waals surface area (Å²) in [6.45, 7) is 0. The third kappa shape index (κ3) is 3.42. The van der Waals surface area contributed by atoms with Gasteiger partial charge >= 0.3 is 0 Å². The molecule has 0 aliphatic rings. The highest BCUT2D eigenvalue weighted by Crippen LogP contribution is 2.33. The normalized spacial score (nSPS) is 10.4. The van der Waals surface area contributed by atoms with Gasteiger partial charge in [0, 0.05) is 25.0 Å². The van der Waals surface area contributed by atoms with E-state index in [1.807, 2.05) is 6.07 Å². The molecule has 0 saturated carbocycles. The molecule has 0 atom stereocenters. The highest BCUT2D eigenvalue weighted by molar-refractivity contribution is 6.02. The average molecular weight is 339 g/mol. The first-order chi connectivity index (χ1) is 12.1. The van der Waals surface area contributed by atoms with Crippen molar-refractivity contribution in [1.29, 1.82) is 0 Å². The Kier molecular flexibility index (Phi) is 4.60. The molecule has 0 aliphatic heterocycles. The van der Waals surface area contributed by atoms with Crippen LogP contribution in [0.5, 0.6) is 11.5 Å². The smallest absolute Gasteiger partial charge is 0.278 e. The molecule has 0 fully saturated rings. The van der Waals surface area contributed by atoms with Gasteiger partial charge in [-0.15, -0.1) is 0 Å². The number of benzene rings is 1. The van der Waals surface area contributed by atoms with Crippen LogP contribution in [0.2, 0.25) is 0 Å². The van der Waals surface area contributed by atoms with Gasteiger partial charge in [-0.05, 0) is 30.3 Å². The van der Waals surface area contributed by atoms with E-state index < -0.39 is 5.91 Å². The van der Waals surface area contributed by atoms with E-state index in [0.717, 1.165) is 11.3 Å². The topological polar surface area (TPSA) is 91.2 Å². The summed E-state index contributed by atoms with van der Waals surface area (Å²) in [4.78, 5) is 20.3. The molecule has 8 nitrogen and oxygen atoms in total. The Labute approximate surface area is 144 Å². The van der Waals surface area contributed by atoms with Crippen molar-refractivity contribution >= 4 is 11.9 Å². The fourth-order valence-electron chi connectivity index (χ4n) is 2.37. The van der Waals surface area contributed by atoms with Crippen molar-refractivity contribution in [3.05, 3.63) is 48.4 Å². The molecule has 0 saturated heterocycles. The molecule has 0 radical (unpaired) electrons. The van der Waals surface area contributed by atoms with Crippen LogP contribution < -0.4 is 14.8 Å². The van der Waals surface area contributed by atoms with Crippen molar-refractivity contribution in [2.24, 2.45) is 7.05 Å². The van der Waals surface area contributed by atoms with E-state index >= 15 is 0 Å². The third-order valence-corrected chi connectivity index (χ3v) is 3.59. The number of ether oxygens (including phenoxy) is 2. The molecule has 0 aliphatic carbocycles. The number of carbonyl (C=O) groups excluding carboxylic acids is 1. The largest absolute Gasteiger partial charge is 0.497 e. The van der Waals surface area contributed by atoms with Gasteiger partial charge in [0.25, 0.3) is 5.91 Å². The number of methoxy groups -OCH3 is 2. The van der Waals surface area contributed by atoms with Crippen LogP contribution in [0, 0.1) is 0 Å². The lowest BCUT2D eigenvalue weighted by Crippen LogP contribution is -2.14. The van der Waals surface area contributed by atoms with Crippen molar-refractivity contribution in [3.63, 3.8) is 0 Å². The second-order valence-electron chi connectivity index (χ2n) is 5.13. The van der Waals surface area contributed by atoms with Crippen LogP contribution in [-0.2, 0) is 7.05 Å². The maximum Gasteiger partial charge on any atom is 0.278 e. The van der Waals surface area contributed by atoms with E-state index in [1.54, 1.807) is 62.6 Å². The lowest BCUT2D eigenvalue weighted by atomic mass is 10.1. The summed E-state index contributed by atoms with van der Waals surface area (Å²) in [6.07, 6.45) is 3.10. The molecule has 128 valence electrons. The monoisotopic (exact) mass is 339 g/mol. The van der Waals surface area contributed by atoms with Crippen LogP contribution in [-0.4, -0.2) is 39.9 Å². The minimum Gasteiger partial charge on any atom is -0.497 e. The number of hydrogen-bond donors (Lipinski definition) is 1. The van der Waals surface area contributed by atoms with Gasteiger partial charge in [-0.1, -0.05) is 0 Å². The lowest BCUT2D eigenvalue weighted by Gasteiger charge is -2.10. The Morgan fingerprint density at radius 3 is 2.56 bits per heavy atom. The Balaban J connectivity index is 1.94. The summed E-state index contributed by atoms with van der Waals surface area (Å²) in [5.41, 5.74) is 1.73. The number of nitrogens with one attached hydrogen (secondary N) is 1. The summed E-state index contributed by atoms with van der Waals surface area (Å²) in [5.74, 6) is 1.16. The van der Waals surface area contributed by atoms with Gasteiger partial charge in [0.2, 0.25) is 5.95 Å². The van der Waals surface area contributed by atoms with Crippen molar-refractivity contribution in [3.8, 4) is 22.8 Å². The van der Waals surface area contributed by atoms with Crippen LogP contribution in [0.15, 0.2) is 42.7 Å². The van der Waals surface area contributed by atoms with Gasteiger partial charge in [0.05, 0.1) is 19.9 Å². The van der Waals surface area contributed by atoms with Gasteiger partial charge < -0.3 is 9.47 Å². The van der Waals surface area contributed by atoms with Gasteiger partial charge in [-0.2, -0.15) is 5.10 Å². The molecule has 0 bridgehead atoms. The fourth-order valence-corrected chi connectivity index (χ4v) is 2.37. The Morgan fingerprint density at radius 1 is 1.12 bits per heavy atom.